The summed E-state index contributed by atoms with van der Waals surface area (Å²) < 4.78 is 0. The molecule has 0 aliphatic heterocycles. The highest BCUT2D eigenvalue weighted by atomic mass is 35.5. The van der Waals surface area contributed by atoms with Gasteiger partial charge in [-0.05, 0) is 23.8 Å². The maximum atomic E-state index is 9.64. The zero-order valence-corrected chi connectivity index (χ0v) is 13.1. The molecule has 2 aromatic rings. The molecular formula is C15H15Cl2NOS. The van der Waals surface area contributed by atoms with Gasteiger partial charge in [-0.15, -0.1) is 11.8 Å². The van der Waals surface area contributed by atoms with Gasteiger partial charge in [0.2, 0.25) is 0 Å². The molecule has 2 nitrogen and oxygen atoms in total. The number of nitrogens with two attached hydrogens (primary N) is 1. The minimum absolute atomic E-state index is 0.137. The Hall–Kier alpha value is -0.710. The third-order valence-corrected chi connectivity index (χ3v) is 4.99. The molecule has 0 saturated heterocycles. The van der Waals surface area contributed by atoms with Crippen molar-refractivity contribution in [2.24, 2.45) is 5.73 Å². The highest BCUT2D eigenvalue weighted by molar-refractivity contribution is 7.99. The van der Waals surface area contributed by atoms with Crippen LogP contribution >= 0.6 is 35.0 Å². The van der Waals surface area contributed by atoms with E-state index in [4.69, 9.17) is 28.9 Å². The fourth-order valence-electron chi connectivity index (χ4n) is 1.78. The predicted octanol–water partition coefficient (Wildman–Crippen LogP) is 3.93. The van der Waals surface area contributed by atoms with Crippen molar-refractivity contribution < 1.29 is 5.11 Å². The largest absolute Gasteiger partial charge is 0.394 e. The summed E-state index contributed by atoms with van der Waals surface area (Å²) >= 11 is 13.6. The third kappa shape index (κ3) is 3.68. The van der Waals surface area contributed by atoms with E-state index < -0.39 is 5.54 Å². The van der Waals surface area contributed by atoms with Gasteiger partial charge in [-0.3, -0.25) is 0 Å². The van der Waals surface area contributed by atoms with E-state index in [1.54, 1.807) is 18.2 Å². The fraction of sp³-hybridized carbons (Fsp3) is 0.200. The first-order valence-corrected chi connectivity index (χ1v) is 7.82. The molecule has 1 atom stereocenters. The van der Waals surface area contributed by atoms with Gasteiger partial charge in [0, 0.05) is 15.7 Å². The monoisotopic (exact) mass is 327 g/mol. The van der Waals surface area contributed by atoms with Gasteiger partial charge in [0.25, 0.3) is 0 Å². The summed E-state index contributed by atoms with van der Waals surface area (Å²) in [6.45, 7) is -0.137. The van der Waals surface area contributed by atoms with E-state index in [0.29, 0.717) is 15.8 Å². The Balaban J connectivity index is 2.17. The van der Waals surface area contributed by atoms with Gasteiger partial charge in [-0.2, -0.15) is 0 Å². The van der Waals surface area contributed by atoms with Crippen molar-refractivity contribution in [3.8, 4) is 0 Å². The third-order valence-electron chi connectivity index (χ3n) is 3.01. The highest BCUT2D eigenvalue weighted by Crippen LogP contribution is 2.33. The highest BCUT2D eigenvalue weighted by Gasteiger charge is 2.26. The summed E-state index contributed by atoms with van der Waals surface area (Å²) in [7, 11) is 0. The topological polar surface area (TPSA) is 46.2 Å². The predicted molar refractivity (Wildman–Crippen MR) is 86.6 cm³/mol. The minimum atomic E-state index is -0.808. The molecule has 0 bridgehead atoms. The lowest BCUT2D eigenvalue weighted by Crippen LogP contribution is -2.43. The Morgan fingerprint density at radius 3 is 2.45 bits per heavy atom. The fourth-order valence-corrected chi connectivity index (χ4v) is 3.39. The number of rotatable bonds is 5. The first-order chi connectivity index (χ1) is 9.55. The van der Waals surface area contributed by atoms with Crippen LogP contribution in [0.4, 0.5) is 0 Å². The Bertz CT molecular complexity index is 579. The van der Waals surface area contributed by atoms with Crippen LogP contribution in [0.5, 0.6) is 0 Å². The lowest BCUT2D eigenvalue weighted by Gasteiger charge is -2.27. The summed E-state index contributed by atoms with van der Waals surface area (Å²) in [6, 6.07) is 14.9. The maximum absolute atomic E-state index is 9.64. The molecule has 106 valence electrons. The molecule has 1 unspecified atom stereocenters. The van der Waals surface area contributed by atoms with E-state index in [2.05, 4.69) is 0 Å². The van der Waals surface area contributed by atoms with Crippen molar-refractivity contribution in [3.63, 3.8) is 0 Å². The second-order valence-corrected chi connectivity index (χ2v) is 6.40. The van der Waals surface area contributed by atoms with E-state index in [0.717, 1.165) is 10.5 Å². The molecule has 0 aromatic heterocycles. The summed E-state index contributed by atoms with van der Waals surface area (Å²) in [4.78, 5) is 0.860. The van der Waals surface area contributed by atoms with Crippen molar-refractivity contribution in [1.82, 2.24) is 0 Å². The molecule has 5 heteroatoms. The number of halogens is 2. The molecule has 2 aromatic carbocycles. The Morgan fingerprint density at radius 1 is 1.10 bits per heavy atom. The van der Waals surface area contributed by atoms with Crippen molar-refractivity contribution in [1.29, 1.82) is 0 Å². The normalized spacial score (nSPS) is 14.0. The van der Waals surface area contributed by atoms with Crippen LogP contribution in [0.25, 0.3) is 0 Å². The average molecular weight is 328 g/mol. The van der Waals surface area contributed by atoms with Crippen LogP contribution in [0.3, 0.4) is 0 Å². The molecule has 0 fully saturated rings. The summed E-state index contributed by atoms with van der Waals surface area (Å²) in [5.74, 6) is 0.508. The zero-order valence-electron chi connectivity index (χ0n) is 10.7. The van der Waals surface area contributed by atoms with Gasteiger partial charge in [0.15, 0.2) is 0 Å². The van der Waals surface area contributed by atoms with Crippen molar-refractivity contribution in [2.75, 3.05) is 12.4 Å². The lowest BCUT2D eigenvalue weighted by molar-refractivity contribution is 0.213. The van der Waals surface area contributed by atoms with E-state index in [9.17, 15) is 5.11 Å². The zero-order chi connectivity index (χ0) is 14.6. The second kappa shape index (κ2) is 6.83. The van der Waals surface area contributed by atoms with Crippen molar-refractivity contribution in [2.45, 2.75) is 10.4 Å². The minimum Gasteiger partial charge on any atom is -0.394 e. The molecule has 0 amide bonds. The standard InChI is InChI=1S/C15H15Cl2NOS/c16-12-6-7-13(17)14(8-12)20-10-15(18,9-19)11-4-2-1-3-5-11/h1-8,19H,9-10,18H2. The van der Waals surface area contributed by atoms with Crippen LogP contribution in [0.1, 0.15) is 5.56 Å². The molecule has 0 saturated carbocycles. The van der Waals surface area contributed by atoms with Crippen LogP contribution in [0, 0.1) is 0 Å². The van der Waals surface area contributed by atoms with Gasteiger partial charge in [0.05, 0.1) is 17.2 Å². The Kier molecular flexibility index (Phi) is 5.35. The molecule has 0 heterocycles. The molecule has 0 aliphatic carbocycles. The number of aliphatic hydroxyl groups excluding tert-OH is 1. The second-order valence-electron chi connectivity index (χ2n) is 4.54. The van der Waals surface area contributed by atoms with Gasteiger partial charge in [0.1, 0.15) is 0 Å². The van der Waals surface area contributed by atoms with Gasteiger partial charge < -0.3 is 10.8 Å². The van der Waals surface area contributed by atoms with E-state index in [1.165, 1.54) is 11.8 Å². The molecule has 0 radical (unpaired) electrons. The van der Waals surface area contributed by atoms with E-state index in [1.807, 2.05) is 30.3 Å². The molecule has 0 aliphatic rings. The van der Waals surface area contributed by atoms with Gasteiger partial charge in [-0.25, -0.2) is 0 Å². The first-order valence-electron chi connectivity index (χ1n) is 6.08. The maximum Gasteiger partial charge on any atom is 0.0739 e. The number of aliphatic hydroxyl groups is 1. The Morgan fingerprint density at radius 2 is 1.80 bits per heavy atom. The SMILES string of the molecule is NC(CO)(CSc1cc(Cl)ccc1Cl)c1ccccc1. The molecule has 3 N–H and O–H groups in total. The number of hydrogen-bond acceptors (Lipinski definition) is 3. The van der Waals surface area contributed by atoms with Crippen LogP contribution in [-0.4, -0.2) is 17.5 Å². The van der Waals surface area contributed by atoms with Crippen LogP contribution < -0.4 is 5.73 Å². The summed E-state index contributed by atoms with van der Waals surface area (Å²) in [5, 5.41) is 10.9. The number of hydrogen-bond donors (Lipinski definition) is 2. The smallest absolute Gasteiger partial charge is 0.0739 e. The Labute approximate surface area is 132 Å². The van der Waals surface area contributed by atoms with Crippen molar-refractivity contribution >= 4 is 35.0 Å². The van der Waals surface area contributed by atoms with E-state index in [-0.39, 0.29) is 6.61 Å². The van der Waals surface area contributed by atoms with Gasteiger partial charge in [-0.1, -0.05) is 53.5 Å². The average Bonchev–Trinajstić information content (AvgIpc) is 2.49. The van der Waals surface area contributed by atoms with Crippen LogP contribution in [0.2, 0.25) is 10.0 Å². The lowest BCUT2D eigenvalue weighted by atomic mass is 9.94. The van der Waals surface area contributed by atoms with Crippen LogP contribution in [-0.2, 0) is 5.54 Å². The van der Waals surface area contributed by atoms with Gasteiger partial charge >= 0.3 is 0 Å². The molecule has 0 spiro atoms. The van der Waals surface area contributed by atoms with Crippen molar-refractivity contribution in [3.05, 3.63) is 64.1 Å². The van der Waals surface area contributed by atoms with E-state index >= 15 is 0 Å². The van der Waals surface area contributed by atoms with Crippen LogP contribution in [0.15, 0.2) is 53.4 Å². The first kappa shape index (κ1) is 15.7. The quantitative estimate of drug-likeness (QED) is 0.818. The summed E-state index contributed by atoms with van der Waals surface area (Å²) in [6.07, 6.45) is 0. The molecule has 2 rings (SSSR count). The molecule has 20 heavy (non-hydrogen) atoms. The number of thioether (sulfide) groups is 1. The number of benzene rings is 2. The molecular weight excluding hydrogens is 313 g/mol. The summed E-state index contributed by atoms with van der Waals surface area (Å²) in [5.41, 5.74) is 6.40.